The van der Waals surface area contributed by atoms with Gasteiger partial charge in [-0.2, -0.15) is 22.2 Å². The van der Waals surface area contributed by atoms with Crippen LogP contribution in [0.3, 0.4) is 0 Å². The Morgan fingerprint density at radius 2 is 1.73 bits per heavy atom. The number of benzene rings is 2. The van der Waals surface area contributed by atoms with E-state index in [1.165, 1.54) is 35.8 Å². The van der Waals surface area contributed by atoms with Crippen molar-refractivity contribution in [3.8, 4) is 28.4 Å². The average molecular weight is 585 g/mol. The highest BCUT2D eigenvalue weighted by molar-refractivity contribution is 7.86. The number of rotatable bonds is 10. The van der Waals surface area contributed by atoms with Crippen LogP contribution >= 0.6 is 0 Å². The van der Waals surface area contributed by atoms with Crippen molar-refractivity contribution in [2.45, 2.75) is 27.1 Å². The molecule has 10 nitrogen and oxygen atoms in total. The fraction of sp³-hybridized carbons (Fsp3) is 0.250. The predicted octanol–water partition coefficient (Wildman–Crippen LogP) is 4.81. The van der Waals surface area contributed by atoms with Gasteiger partial charge in [0.15, 0.2) is 5.65 Å². The molecule has 214 valence electrons. The normalized spacial score (nSPS) is 12.0. The molecular formula is C28H26F2N4O6S. The third kappa shape index (κ3) is 5.77. The molecule has 5 aromatic rings. The molecule has 0 aliphatic rings. The van der Waals surface area contributed by atoms with Crippen molar-refractivity contribution in [2.24, 2.45) is 7.05 Å². The highest BCUT2D eigenvalue weighted by Crippen LogP contribution is 2.28. The first-order valence-electron chi connectivity index (χ1n) is 12.7. The van der Waals surface area contributed by atoms with E-state index in [9.17, 15) is 22.0 Å². The van der Waals surface area contributed by atoms with E-state index in [-0.39, 0.29) is 18.1 Å². The number of fused-ring (bicyclic) bond motifs is 2. The van der Waals surface area contributed by atoms with E-state index in [1.807, 2.05) is 6.92 Å². The zero-order valence-corrected chi connectivity index (χ0v) is 23.2. The Hall–Kier alpha value is -4.36. The van der Waals surface area contributed by atoms with Gasteiger partial charge in [0.2, 0.25) is 5.88 Å². The molecule has 0 saturated heterocycles. The summed E-state index contributed by atoms with van der Waals surface area (Å²) in [6.45, 7) is 0.485. The Morgan fingerprint density at radius 3 is 2.41 bits per heavy atom. The van der Waals surface area contributed by atoms with Crippen LogP contribution in [-0.2, 0) is 28.0 Å². The summed E-state index contributed by atoms with van der Waals surface area (Å²) >= 11 is 0. The molecule has 0 bridgehead atoms. The van der Waals surface area contributed by atoms with Crippen molar-refractivity contribution in [3.63, 3.8) is 0 Å². The smallest absolute Gasteiger partial charge is 0.387 e. The first kappa shape index (κ1) is 28.2. The molecule has 0 fully saturated rings. The maximum atomic E-state index is 14.0. The fourth-order valence-electron chi connectivity index (χ4n) is 4.38. The van der Waals surface area contributed by atoms with Crippen LogP contribution in [0.2, 0.25) is 0 Å². The maximum absolute atomic E-state index is 14.0. The van der Waals surface area contributed by atoms with Crippen molar-refractivity contribution in [1.29, 1.82) is 0 Å². The molecule has 0 saturated carbocycles. The Morgan fingerprint density at radius 1 is 0.976 bits per heavy atom. The third-order valence-corrected chi connectivity index (χ3v) is 7.63. The molecule has 0 atom stereocenters. The molecule has 13 heteroatoms. The van der Waals surface area contributed by atoms with Gasteiger partial charge >= 0.3 is 6.61 Å². The van der Waals surface area contributed by atoms with E-state index < -0.39 is 22.3 Å². The van der Waals surface area contributed by atoms with Gasteiger partial charge in [-0.3, -0.25) is 13.5 Å². The van der Waals surface area contributed by atoms with Gasteiger partial charge in [0, 0.05) is 24.1 Å². The first-order valence-corrected chi connectivity index (χ1v) is 14.3. The van der Waals surface area contributed by atoms with Gasteiger partial charge in [-0.15, -0.1) is 0 Å². The van der Waals surface area contributed by atoms with Crippen LogP contribution < -0.4 is 15.0 Å². The number of pyridine rings is 2. The number of aryl methyl sites for hydroxylation is 1. The van der Waals surface area contributed by atoms with Gasteiger partial charge in [0.25, 0.3) is 15.7 Å². The Kier molecular flexibility index (Phi) is 7.74. The third-order valence-electron chi connectivity index (χ3n) is 6.44. The summed E-state index contributed by atoms with van der Waals surface area (Å²) in [6.07, 6.45) is 0. The van der Waals surface area contributed by atoms with E-state index in [0.29, 0.717) is 57.2 Å². The van der Waals surface area contributed by atoms with Gasteiger partial charge in [0.1, 0.15) is 18.2 Å². The van der Waals surface area contributed by atoms with Crippen molar-refractivity contribution in [3.05, 3.63) is 76.8 Å². The van der Waals surface area contributed by atoms with E-state index >= 15 is 0 Å². The maximum Gasteiger partial charge on any atom is 0.387 e. The van der Waals surface area contributed by atoms with Crippen LogP contribution in [0.1, 0.15) is 19.7 Å². The van der Waals surface area contributed by atoms with Gasteiger partial charge in [-0.05, 0) is 67.9 Å². The van der Waals surface area contributed by atoms with Crippen molar-refractivity contribution in [1.82, 2.24) is 19.1 Å². The van der Waals surface area contributed by atoms with E-state index in [2.05, 4.69) is 14.7 Å². The molecule has 0 spiro atoms. The van der Waals surface area contributed by atoms with Crippen LogP contribution in [0.25, 0.3) is 38.9 Å². The van der Waals surface area contributed by atoms with Gasteiger partial charge < -0.3 is 14.0 Å². The second kappa shape index (κ2) is 11.3. The molecule has 0 aliphatic heterocycles. The lowest BCUT2D eigenvalue weighted by Crippen LogP contribution is -2.21. The average Bonchev–Trinajstić information content (AvgIpc) is 3.27. The molecule has 3 aromatic heterocycles. The summed E-state index contributed by atoms with van der Waals surface area (Å²) in [5, 5.41) is 0.639. The molecule has 0 radical (unpaired) electrons. The molecule has 0 amide bonds. The summed E-state index contributed by atoms with van der Waals surface area (Å²) < 4.78 is 67.1. The standard InChI is InChI=1S/C28H26F2N4O6S/c1-4-38-25-13-7-18-14-21(27(35)34(26(18)32-25)19-8-10-20(11-9-19)40-28(29)30)17-6-12-22-23(15-17)33(3)24(31-22)16-39-41(36,37)5-2/h6-15,28H,4-5,16H2,1-3H3. The Labute approximate surface area is 233 Å². The number of aromatic nitrogens is 4. The molecule has 0 aliphatic carbocycles. The zero-order valence-electron chi connectivity index (χ0n) is 22.4. The summed E-state index contributed by atoms with van der Waals surface area (Å²) in [7, 11) is -1.92. The quantitative estimate of drug-likeness (QED) is 0.215. The lowest BCUT2D eigenvalue weighted by Gasteiger charge is -2.14. The molecular weight excluding hydrogens is 558 g/mol. The number of imidazole rings is 1. The number of hydrogen-bond acceptors (Lipinski definition) is 8. The van der Waals surface area contributed by atoms with Crippen molar-refractivity contribution >= 4 is 32.2 Å². The second-order valence-electron chi connectivity index (χ2n) is 8.97. The molecule has 5 rings (SSSR count). The zero-order chi connectivity index (χ0) is 29.3. The Balaban J connectivity index is 1.65. The van der Waals surface area contributed by atoms with Crippen molar-refractivity contribution in [2.75, 3.05) is 12.4 Å². The van der Waals surface area contributed by atoms with Crippen LogP contribution in [0, 0.1) is 0 Å². The van der Waals surface area contributed by atoms with Crippen LogP contribution in [0.4, 0.5) is 8.78 Å². The van der Waals surface area contributed by atoms with E-state index in [1.54, 1.807) is 48.0 Å². The minimum absolute atomic E-state index is 0.0478. The monoisotopic (exact) mass is 584 g/mol. The SMILES string of the molecule is CCOc1ccc2cc(-c3ccc4nc(COS(=O)(=O)CC)n(C)c4c3)c(=O)n(-c3ccc(OC(F)F)cc3)c2n1. The van der Waals surface area contributed by atoms with Crippen molar-refractivity contribution < 1.29 is 30.9 Å². The molecule has 0 unspecified atom stereocenters. The molecule has 0 N–H and O–H groups in total. The summed E-state index contributed by atoms with van der Waals surface area (Å²) in [5.41, 5.74) is 2.52. The summed E-state index contributed by atoms with van der Waals surface area (Å²) in [5.74, 6) is 0.532. The molecule has 41 heavy (non-hydrogen) atoms. The molecule has 3 heterocycles. The number of ether oxygens (including phenoxy) is 2. The fourth-order valence-corrected chi connectivity index (χ4v) is 4.83. The van der Waals surface area contributed by atoms with Gasteiger partial charge in [-0.25, -0.2) is 4.98 Å². The van der Waals surface area contributed by atoms with Crippen LogP contribution in [0.5, 0.6) is 11.6 Å². The summed E-state index contributed by atoms with van der Waals surface area (Å²) in [6, 6.07) is 16.2. The highest BCUT2D eigenvalue weighted by atomic mass is 32.2. The van der Waals surface area contributed by atoms with E-state index in [4.69, 9.17) is 8.92 Å². The van der Waals surface area contributed by atoms with Gasteiger partial charge in [0.05, 0.1) is 29.1 Å². The predicted molar refractivity (Wildman–Crippen MR) is 149 cm³/mol. The summed E-state index contributed by atoms with van der Waals surface area (Å²) in [4.78, 5) is 23.0. The van der Waals surface area contributed by atoms with E-state index in [0.717, 1.165) is 0 Å². The lowest BCUT2D eigenvalue weighted by molar-refractivity contribution is -0.0498. The largest absolute Gasteiger partial charge is 0.478 e. The van der Waals surface area contributed by atoms with Crippen LogP contribution in [0.15, 0.2) is 65.5 Å². The Bertz CT molecular complexity index is 1900. The minimum atomic E-state index is -3.65. The lowest BCUT2D eigenvalue weighted by atomic mass is 10.0. The van der Waals surface area contributed by atoms with Gasteiger partial charge in [-0.1, -0.05) is 6.07 Å². The number of hydrogen-bond donors (Lipinski definition) is 0. The topological polar surface area (TPSA) is 115 Å². The first-order chi connectivity index (χ1) is 19.6. The number of alkyl halides is 2. The highest BCUT2D eigenvalue weighted by Gasteiger charge is 2.18. The second-order valence-corrected chi connectivity index (χ2v) is 10.9. The molecule has 2 aromatic carbocycles. The number of halogens is 2. The minimum Gasteiger partial charge on any atom is -0.478 e. The number of nitrogens with zero attached hydrogens (tertiary/aromatic N) is 4. The van der Waals surface area contributed by atoms with Crippen LogP contribution in [-0.4, -0.2) is 46.5 Å².